The van der Waals surface area contributed by atoms with Crippen LogP contribution in [-0.2, 0) is 9.59 Å². The Kier molecular flexibility index (Phi) is 5.06. The molecule has 1 aliphatic rings. The highest BCUT2D eigenvalue weighted by molar-refractivity contribution is 6.17. The number of aliphatic hydroxyl groups is 1. The van der Waals surface area contributed by atoms with Gasteiger partial charge in [-0.15, -0.1) is 0 Å². The summed E-state index contributed by atoms with van der Waals surface area (Å²) < 4.78 is 11.3. The van der Waals surface area contributed by atoms with Crippen molar-refractivity contribution in [3.05, 3.63) is 59.3 Å². The van der Waals surface area contributed by atoms with E-state index in [1.165, 1.54) is 4.90 Å². The molecule has 148 valence electrons. The summed E-state index contributed by atoms with van der Waals surface area (Å²) in [5, 5.41) is 10.6. The van der Waals surface area contributed by atoms with E-state index in [0.717, 1.165) is 0 Å². The minimum atomic E-state index is -0.843. The van der Waals surface area contributed by atoms with Crippen LogP contribution in [0.3, 0.4) is 0 Å². The minimum Gasteiger partial charge on any atom is -0.503 e. The lowest BCUT2D eigenvalue weighted by atomic mass is 9.83. The standard InChI is InChI=1S/C22H25NO5/c1-6-27-15-9-7-8-14(12-15)23-18(16-11-10-13(2)28-16)17(19(24)21(23)26)20(25)22(3,4)5/h7-12,18,24H,6H2,1-5H3. The number of ketones is 1. The Morgan fingerprint density at radius 2 is 1.96 bits per heavy atom. The summed E-state index contributed by atoms with van der Waals surface area (Å²) in [6.45, 7) is 9.40. The summed E-state index contributed by atoms with van der Waals surface area (Å²) in [5.74, 6) is 0.183. The molecule has 28 heavy (non-hydrogen) atoms. The zero-order valence-electron chi connectivity index (χ0n) is 16.8. The number of anilines is 1. The molecule has 0 saturated heterocycles. The SMILES string of the molecule is CCOc1cccc(N2C(=O)C(O)=C(C(=O)C(C)(C)C)C2c2ccc(C)o2)c1. The van der Waals surface area contributed by atoms with Crippen LogP contribution in [0.2, 0.25) is 0 Å². The Hall–Kier alpha value is -3.02. The van der Waals surface area contributed by atoms with Gasteiger partial charge in [-0.05, 0) is 38.1 Å². The van der Waals surface area contributed by atoms with E-state index in [0.29, 0.717) is 29.6 Å². The van der Waals surface area contributed by atoms with Gasteiger partial charge in [0.1, 0.15) is 23.3 Å². The number of furan rings is 1. The van der Waals surface area contributed by atoms with Gasteiger partial charge in [0.2, 0.25) is 0 Å². The molecule has 0 aliphatic carbocycles. The van der Waals surface area contributed by atoms with Gasteiger partial charge in [-0.3, -0.25) is 14.5 Å². The van der Waals surface area contributed by atoms with E-state index in [-0.39, 0.29) is 11.4 Å². The maximum atomic E-state index is 13.1. The molecule has 2 aromatic rings. The molecule has 6 nitrogen and oxygen atoms in total. The van der Waals surface area contributed by atoms with E-state index in [2.05, 4.69) is 0 Å². The van der Waals surface area contributed by atoms with Crippen molar-refractivity contribution in [3.63, 3.8) is 0 Å². The van der Waals surface area contributed by atoms with Crippen LogP contribution in [0.4, 0.5) is 5.69 Å². The molecule has 0 spiro atoms. The second-order valence-electron chi connectivity index (χ2n) is 7.80. The number of aryl methyl sites for hydroxylation is 1. The van der Waals surface area contributed by atoms with Gasteiger partial charge in [0, 0.05) is 17.2 Å². The minimum absolute atomic E-state index is 0.0497. The quantitative estimate of drug-likeness (QED) is 0.822. The first-order chi connectivity index (χ1) is 13.1. The van der Waals surface area contributed by atoms with Crippen molar-refractivity contribution >= 4 is 17.4 Å². The van der Waals surface area contributed by atoms with E-state index in [4.69, 9.17) is 9.15 Å². The van der Waals surface area contributed by atoms with Crippen molar-refractivity contribution < 1.29 is 23.8 Å². The molecule has 1 aromatic heterocycles. The summed E-state index contributed by atoms with van der Waals surface area (Å²) >= 11 is 0. The molecule has 1 aromatic carbocycles. The topological polar surface area (TPSA) is 80.0 Å². The molecule has 6 heteroatoms. The van der Waals surface area contributed by atoms with Crippen LogP contribution >= 0.6 is 0 Å². The van der Waals surface area contributed by atoms with Crippen LogP contribution in [0.5, 0.6) is 5.75 Å². The summed E-state index contributed by atoms with van der Waals surface area (Å²) in [4.78, 5) is 27.5. The van der Waals surface area contributed by atoms with Gasteiger partial charge in [0.05, 0.1) is 12.2 Å². The van der Waals surface area contributed by atoms with Gasteiger partial charge in [-0.2, -0.15) is 0 Å². The molecule has 2 heterocycles. The fourth-order valence-corrected chi connectivity index (χ4v) is 3.27. The molecule has 0 fully saturated rings. The predicted molar refractivity (Wildman–Crippen MR) is 105 cm³/mol. The lowest BCUT2D eigenvalue weighted by molar-refractivity contribution is -0.123. The Morgan fingerprint density at radius 1 is 1.25 bits per heavy atom. The second-order valence-corrected chi connectivity index (χ2v) is 7.80. The van der Waals surface area contributed by atoms with E-state index < -0.39 is 23.1 Å². The number of ether oxygens (including phenoxy) is 1. The van der Waals surface area contributed by atoms with Gasteiger partial charge < -0.3 is 14.3 Å². The average molecular weight is 383 g/mol. The number of carbonyl (C=O) groups excluding carboxylic acids is 2. The molecule has 0 radical (unpaired) electrons. The van der Waals surface area contributed by atoms with Crippen molar-refractivity contribution in [1.29, 1.82) is 0 Å². The largest absolute Gasteiger partial charge is 0.503 e. The molecule has 1 aliphatic heterocycles. The van der Waals surface area contributed by atoms with Crippen molar-refractivity contribution in [2.45, 2.75) is 40.7 Å². The Labute approximate surface area is 164 Å². The fraction of sp³-hybridized carbons (Fsp3) is 0.364. The number of rotatable bonds is 5. The van der Waals surface area contributed by atoms with Gasteiger partial charge in [-0.25, -0.2) is 0 Å². The Balaban J connectivity index is 2.16. The summed E-state index contributed by atoms with van der Waals surface area (Å²) in [7, 11) is 0. The highest BCUT2D eigenvalue weighted by atomic mass is 16.5. The zero-order chi connectivity index (χ0) is 20.6. The van der Waals surface area contributed by atoms with Gasteiger partial charge in [0.15, 0.2) is 11.5 Å². The number of hydrogen-bond donors (Lipinski definition) is 1. The van der Waals surface area contributed by atoms with E-state index in [1.807, 2.05) is 6.92 Å². The number of benzene rings is 1. The number of carbonyl (C=O) groups is 2. The highest BCUT2D eigenvalue weighted by Crippen LogP contribution is 2.44. The Morgan fingerprint density at radius 3 is 2.54 bits per heavy atom. The monoisotopic (exact) mass is 383 g/mol. The van der Waals surface area contributed by atoms with E-state index in [1.54, 1.807) is 64.1 Å². The van der Waals surface area contributed by atoms with Crippen LogP contribution in [0.25, 0.3) is 0 Å². The fourth-order valence-electron chi connectivity index (χ4n) is 3.27. The van der Waals surface area contributed by atoms with Crippen molar-refractivity contribution in [3.8, 4) is 5.75 Å². The zero-order valence-corrected chi connectivity index (χ0v) is 16.8. The normalized spacial score (nSPS) is 17.4. The van der Waals surface area contributed by atoms with Crippen LogP contribution < -0.4 is 9.64 Å². The first-order valence-electron chi connectivity index (χ1n) is 9.25. The molecule has 3 rings (SSSR count). The number of amides is 1. The third kappa shape index (κ3) is 3.42. The van der Waals surface area contributed by atoms with Gasteiger partial charge >= 0.3 is 0 Å². The van der Waals surface area contributed by atoms with Gasteiger partial charge in [0.25, 0.3) is 5.91 Å². The molecule has 1 amide bonds. The maximum absolute atomic E-state index is 13.1. The van der Waals surface area contributed by atoms with Crippen molar-refractivity contribution in [2.75, 3.05) is 11.5 Å². The first-order valence-corrected chi connectivity index (χ1v) is 9.25. The molecule has 1 N–H and O–H groups in total. The van der Waals surface area contributed by atoms with Crippen LogP contribution in [0, 0.1) is 12.3 Å². The van der Waals surface area contributed by atoms with Crippen molar-refractivity contribution in [2.24, 2.45) is 5.41 Å². The first kappa shape index (κ1) is 19.7. The van der Waals surface area contributed by atoms with Crippen LogP contribution in [0.1, 0.15) is 45.3 Å². The molecule has 0 bridgehead atoms. The number of hydrogen-bond acceptors (Lipinski definition) is 5. The maximum Gasteiger partial charge on any atom is 0.294 e. The van der Waals surface area contributed by atoms with Gasteiger partial charge in [-0.1, -0.05) is 26.8 Å². The summed E-state index contributed by atoms with van der Waals surface area (Å²) in [6.07, 6.45) is 0. The number of nitrogens with zero attached hydrogens (tertiary/aromatic N) is 1. The third-order valence-corrected chi connectivity index (χ3v) is 4.57. The van der Waals surface area contributed by atoms with E-state index >= 15 is 0 Å². The lowest BCUT2D eigenvalue weighted by Gasteiger charge is -2.27. The van der Waals surface area contributed by atoms with Crippen LogP contribution in [-0.4, -0.2) is 23.4 Å². The van der Waals surface area contributed by atoms with Crippen LogP contribution in [0.15, 0.2) is 52.1 Å². The number of aliphatic hydroxyl groups excluding tert-OH is 1. The second kappa shape index (κ2) is 7.19. The van der Waals surface area contributed by atoms with Crippen molar-refractivity contribution in [1.82, 2.24) is 0 Å². The molecular weight excluding hydrogens is 358 g/mol. The Bertz CT molecular complexity index is 948. The average Bonchev–Trinajstić information content (AvgIpc) is 3.16. The molecule has 0 saturated carbocycles. The third-order valence-electron chi connectivity index (χ3n) is 4.57. The molecule has 1 unspecified atom stereocenters. The smallest absolute Gasteiger partial charge is 0.294 e. The molecule has 1 atom stereocenters. The molecular formula is C22H25NO5. The highest BCUT2D eigenvalue weighted by Gasteiger charge is 2.48. The lowest BCUT2D eigenvalue weighted by Crippen LogP contribution is -2.32. The number of Topliss-reactive ketones (excluding diaryl/α,β-unsaturated/α-hetero) is 1. The predicted octanol–water partition coefficient (Wildman–Crippen LogP) is 4.50. The summed E-state index contributed by atoms with van der Waals surface area (Å²) in [6, 6.07) is 9.64. The van der Waals surface area contributed by atoms with E-state index in [9.17, 15) is 14.7 Å². The summed E-state index contributed by atoms with van der Waals surface area (Å²) in [5.41, 5.74) is -0.209.